The summed E-state index contributed by atoms with van der Waals surface area (Å²) in [5, 5.41) is 8.67. The maximum absolute atomic E-state index is 13.0. The van der Waals surface area contributed by atoms with E-state index in [9.17, 15) is 9.59 Å². The first-order valence-corrected chi connectivity index (χ1v) is 10.2. The summed E-state index contributed by atoms with van der Waals surface area (Å²) in [5.74, 6) is 0.256. The average Bonchev–Trinajstić information content (AvgIpc) is 2.82. The third-order valence-corrected chi connectivity index (χ3v) is 4.90. The number of benzene rings is 2. The van der Waals surface area contributed by atoms with Gasteiger partial charge in [0.2, 0.25) is 0 Å². The normalized spacial score (nSPS) is 11.0. The molecule has 166 valence electrons. The van der Waals surface area contributed by atoms with Gasteiger partial charge in [0.05, 0.1) is 18.4 Å². The Morgan fingerprint density at radius 3 is 2.30 bits per heavy atom. The van der Waals surface area contributed by atoms with E-state index in [-0.39, 0.29) is 22.0 Å². The summed E-state index contributed by atoms with van der Waals surface area (Å²) >= 11 is 6.17. The van der Waals surface area contributed by atoms with Crippen molar-refractivity contribution in [2.75, 3.05) is 31.8 Å². The number of halogens is 1. The summed E-state index contributed by atoms with van der Waals surface area (Å²) < 4.78 is 5.36. The number of aliphatic imine (C=N–C) groups is 1. The zero-order valence-corrected chi connectivity index (χ0v) is 19.0. The molecule has 0 spiro atoms. The number of nitrogens with zero attached hydrogens (tertiary/aromatic N) is 2. The fourth-order valence-corrected chi connectivity index (χ4v) is 3.27. The van der Waals surface area contributed by atoms with Crippen LogP contribution in [-0.2, 0) is 0 Å². The second kappa shape index (κ2) is 10.6. The molecule has 8 nitrogen and oxygen atoms in total. The molecular formula is C23H21BClN5O3. The second-order valence-electron chi connectivity index (χ2n) is 6.82. The number of ether oxygens (including phenoxy) is 1. The minimum atomic E-state index is -0.531. The van der Waals surface area contributed by atoms with Crippen molar-refractivity contribution >= 4 is 54.1 Å². The van der Waals surface area contributed by atoms with Crippen LogP contribution in [0.4, 0.5) is 11.5 Å². The van der Waals surface area contributed by atoms with Crippen molar-refractivity contribution in [2.45, 2.75) is 0 Å². The van der Waals surface area contributed by atoms with Gasteiger partial charge in [-0.25, -0.2) is 4.98 Å². The Morgan fingerprint density at radius 1 is 1.03 bits per heavy atom. The molecule has 2 amide bonds. The van der Waals surface area contributed by atoms with Gasteiger partial charge < -0.3 is 20.7 Å². The van der Waals surface area contributed by atoms with Crippen LogP contribution in [0.1, 0.15) is 26.3 Å². The van der Waals surface area contributed by atoms with Gasteiger partial charge in [-0.05, 0) is 24.3 Å². The third kappa shape index (κ3) is 5.69. The number of hydrogen-bond donors (Lipinski definition) is 3. The van der Waals surface area contributed by atoms with Gasteiger partial charge in [-0.2, -0.15) is 0 Å². The van der Waals surface area contributed by atoms with E-state index < -0.39 is 11.8 Å². The van der Waals surface area contributed by atoms with Crippen molar-refractivity contribution in [1.29, 1.82) is 0 Å². The van der Waals surface area contributed by atoms with Crippen LogP contribution in [0.5, 0.6) is 5.75 Å². The highest BCUT2D eigenvalue weighted by Crippen LogP contribution is 2.33. The Labute approximate surface area is 197 Å². The Bertz CT molecular complexity index is 1200. The molecule has 2 aromatic carbocycles. The van der Waals surface area contributed by atoms with Crippen LogP contribution in [0.2, 0.25) is 5.02 Å². The van der Waals surface area contributed by atoms with Gasteiger partial charge in [-0.3, -0.25) is 14.6 Å². The smallest absolute Gasteiger partial charge is 0.259 e. The number of amides is 2. The molecule has 2 radical (unpaired) electrons. The van der Waals surface area contributed by atoms with E-state index >= 15 is 0 Å². The lowest BCUT2D eigenvalue weighted by Crippen LogP contribution is -2.21. The summed E-state index contributed by atoms with van der Waals surface area (Å²) in [6.45, 7) is 0. The number of methoxy groups -OCH3 is 1. The van der Waals surface area contributed by atoms with Gasteiger partial charge in [0, 0.05) is 42.5 Å². The molecule has 3 N–H and O–H groups in total. The van der Waals surface area contributed by atoms with E-state index in [0.29, 0.717) is 22.7 Å². The Balaban J connectivity index is 1.90. The molecule has 1 aromatic heterocycles. The highest BCUT2D eigenvalue weighted by molar-refractivity contribution is 6.32. The number of rotatable bonds is 6. The minimum absolute atomic E-state index is 0.110. The van der Waals surface area contributed by atoms with Gasteiger partial charge >= 0.3 is 0 Å². The molecule has 33 heavy (non-hydrogen) atoms. The number of aromatic nitrogens is 1. The Hall–Kier alpha value is -3.85. The fraction of sp³-hybridized carbons (Fsp3) is 0.130. The van der Waals surface area contributed by atoms with Gasteiger partial charge in [0.25, 0.3) is 11.8 Å². The van der Waals surface area contributed by atoms with E-state index in [1.54, 1.807) is 50.5 Å². The van der Waals surface area contributed by atoms with Gasteiger partial charge in [0.15, 0.2) is 0 Å². The van der Waals surface area contributed by atoms with Crippen LogP contribution in [0.15, 0.2) is 59.7 Å². The van der Waals surface area contributed by atoms with E-state index in [2.05, 4.69) is 25.9 Å². The van der Waals surface area contributed by atoms with Crippen LogP contribution >= 0.6 is 11.6 Å². The first-order valence-electron chi connectivity index (χ1n) is 9.83. The molecular weight excluding hydrogens is 441 g/mol. The van der Waals surface area contributed by atoms with Crippen LogP contribution in [0.3, 0.4) is 0 Å². The maximum Gasteiger partial charge on any atom is 0.259 e. The van der Waals surface area contributed by atoms with E-state index in [0.717, 1.165) is 5.56 Å². The van der Waals surface area contributed by atoms with Crippen molar-refractivity contribution < 1.29 is 14.3 Å². The number of carbonyl (C=O) groups is 2. The van der Waals surface area contributed by atoms with Crippen LogP contribution < -0.4 is 26.2 Å². The number of carbonyl (C=O) groups excluding carboxylic acids is 2. The molecule has 0 atom stereocenters. The SMILES string of the molecule is [B]c1ccc(NC(=O)c2cc(Cl)cc(OC)c2NC(=O)c2ccc(C(=NC)NC)cc2)nc1. The largest absolute Gasteiger partial charge is 0.494 e. The number of anilines is 2. The molecule has 0 saturated heterocycles. The first-order chi connectivity index (χ1) is 15.9. The lowest BCUT2D eigenvalue weighted by molar-refractivity contribution is 0.102. The molecule has 0 aliphatic rings. The number of pyridine rings is 1. The highest BCUT2D eigenvalue weighted by Gasteiger charge is 2.21. The van der Waals surface area contributed by atoms with E-state index in [1.165, 1.54) is 25.4 Å². The van der Waals surface area contributed by atoms with Crippen LogP contribution in [0.25, 0.3) is 0 Å². The summed E-state index contributed by atoms with van der Waals surface area (Å²) in [5.41, 5.74) is 1.96. The highest BCUT2D eigenvalue weighted by atomic mass is 35.5. The molecule has 0 fully saturated rings. The number of amidine groups is 1. The van der Waals surface area contributed by atoms with Crippen molar-refractivity contribution in [3.63, 3.8) is 0 Å². The lowest BCUT2D eigenvalue weighted by atomic mass is 9.99. The van der Waals surface area contributed by atoms with Crippen molar-refractivity contribution in [3.05, 3.63) is 76.4 Å². The minimum Gasteiger partial charge on any atom is -0.494 e. The van der Waals surface area contributed by atoms with E-state index in [1.807, 2.05) is 0 Å². The summed E-state index contributed by atoms with van der Waals surface area (Å²) in [7, 11) is 10.5. The Morgan fingerprint density at radius 2 is 1.73 bits per heavy atom. The monoisotopic (exact) mass is 461 g/mol. The molecule has 0 aliphatic heterocycles. The van der Waals surface area contributed by atoms with Crippen LogP contribution in [-0.4, -0.2) is 51.7 Å². The fourth-order valence-electron chi connectivity index (χ4n) is 3.06. The quantitative estimate of drug-likeness (QED) is 0.297. The van der Waals surface area contributed by atoms with Gasteiger partial charge in [-0.15, -0.1) is 0 Å². The number of hydrogen-bond acceptors (Lipinski definition) is 5. The standard InChI is InChI=1S/C23H21BClN5O3/c1-26-21(27-2)13-4-6-14(7-5-13)22(31)30-20-17(10-16(25)11-18(20)33-3)23(32)29-19-9-8-15(24)12-28-19/h4-12H,1-3H3,(H,26,27)(H,30,31)(H,28,29,32). The molecule has 0 bridgehead atoms. The summed E-state index contributed by atoms with van der Waals surface area (Å²) in [6, 6.07) is 13.0. The zero-order chi connectivity index (χ0) is 24.0. The van der Waals surface area contributed by atoms with Crippen LogP contribution in [0, 0.1) is 0 Å². The lowest BCUT2D eigenvalue weighted by Gasteiger charge is -2.16. The molecule has 10 heteroatoms. The van der Waals surface area contributed by atoms with Crippen molar-refractivity contribution in [3.8, 4) is 5.75 Å². The van der Waals surface area contributed by atoms with E-state index in [4.69, 9.17) is 24.2 Å². The number of nitrogens with one attached hydrogen (secondary N) is 3. The average molecular weight is 462 g/mol. The zero-order valence-electron chi connectivity index (χ0n) is 18.3. The first kappa shape index (κ1) is 23.8. The van der Waals surface area contributed by atoms with Crippen molar-refractivity contribution in [2.24, 2.45) is 4.99 Å². The third-order valence-electron chi connectivity index (χ3n) is 4.68. The van der Waals surface area contributed by atoms with Crippen molar-refractivity contribution in [1.82, 2.24) is 10.3 Å². The summed E-state index contributed by atoms with van der Waals surface area (Å²) in [6.07, 6.45) is 1.42. The molecule has 3 aromatic rings. The maximum atomic E-state index is 13.0. The summed E-state index contributed by atoms with van der Waals surface area (Å²) in [4.78, 5) is 34.1. The molecule has 0 unspecified atom stereocenters. The topological polar surface area (TPSA) is 105 Å². The molecule has 0 aliphatic carbocycles. The molecule has 1 heterocycles. The molecule has 3 rings (SSSR count). The van der Waals surface area contributed by atoms with Gasteiger partial charge in [0.1, 0.15) is 25.2 Å². The second-order valence-corrected chi connectivity index (χ2v) is 7.25. The molecule has 0 saturated carbocycles. The van der Waals surface area contributed by atoms with Gasteiger partial charge in [-0.1, -0.05) is 35.3 Å². The Kier molecular flexibility index (Phi) is 7.68. The predicted molar refractivity (Wildman–Crippen MR) is 131 cm³/mol. The predicted octanol–water partition coefficient (Wildman–Crippen LogP) is 2.64.